The van der Waals surface area contributed by atoms with E-state index in [2.05, 4.69) is 110 Å². The number of H-pyrrole nitrogens is 1. The maximum absolute atomic E-state index is 3.51. The van der Waals surface area contributed by atoms with Crippen molar-refractivity contribution in [1.29, 1.82) is 0 Å². The number of hydrogen-bond acceptors (Lipinski definition) is 0. The van der Waals surface area contributed by atoms with Gasteiger partial charge in [-0.3, -0.25) is 0 Å². The second-order valence-electron chi connectivity index (χ2n) is 7.05. The minimum absolute atomic E-state index is 1.18. The minimum Gasteiger partial charge on any atom is -0.452 e. The first-order chi connectivity index (χ1) is 13.3. The van der Waals surface area contributed by atoms with Gasteiger partial charge in [-0.2, -0.15) is 0 Å². The predicted octanol–water partition coefficient (Wildman–Crippen LogP) is 6.03. The molecule has 0 amide bonds. The molecule has 6 aromatic rings. The van der Waals surface area contributed by atoms with Gasteiger partial charge < -0.3 is 8.53 Å². The summed E-state index contributed by atoms with van der Waals surface area (Å²) < 4.78 is 2.19. The molecular weight excluding hydrogens is 343 g/mol. The molecule has 2 radical (unpaired) electrons. The third kappa shape index (κ3) is 2.13. The third-order valence-electron chi connectivity index (χ3n) is 5.55. The van der Waals surface area contributed by atoms with E-state index in [0.29, 0.717) is 0 Å². The molecule has 0 atom stereocenters. The van der Waals surface area contributed by atoms with Crippen molar-refractivity contribution in [1.82, 2.24) is 8.53 Å². The molecule has 3 heteroatoms. The van der Waals surface area contributed by atoms with Crippen LogP contribution in [0.2, 0.25) is 0 Å². The van der Waals surface area contributed by atoms with Crippen molar-refractivity contribution in [2.24, 2.45) is 0 Å². The van der Waals surface area contributed by atoms with E-state index < -0.39 is 0 Å². The summed E-state index contributed by atoms with van der Waals surface area (Å²) in [6.07, 6.45) is 0. The van der Waals surface area contributed by atoms with Crippen molar-refractivity contribution in [3.8, 4) is 11.1 Å². The van der Waals surface area contributed by atoms with E-state index >= 15 is 0 Å². The number of aromatic amines is 1. The van der Waals surface area contributed by atoms with Crippen molar-refractivity contribution >= 4 is 60.1 Å². The van der Waals surface area contributed by atoms with Gasteiger partial charge in [0.1, 0.15) is 0 Å². The van der Waals surface area contributed by atoms with Crippen molar-refractivity contribution < 1.29 is 0 Å². The largest absolute Gasteiger partial charge is 0.452 e. The molecule has 0 aliphatic heterocycles. The third-order valence-corrected chi connectivity index (χ3v) is 6.11. The molecule has 0 saturated heterocycles. The minimum atomic E-state index is 1.18. The first-order valence-electron chi connectivity index (χ1n) is 9.09. The summed E-state index contributed by atoms with van der Waals surface area (Å²) in [7, 11) is 0. The predicted molar refractivity (Wildman–Crippen MR) is 115 cm³/mol. The molecule has 2 heterocycles. The molecule has 0 aliphatic carbocycles. The number of rotatable bonds is 1. The highest BCUT2D eigenvalue weighted by molar-refractivity contribution is 6.22. The van der Waals surface area contributed by atoms with Gasteiger partial charge in [0.05, 0.1) is 0 Å². The lowest BCUT2D eigenvalue weighted by atomic mass is 10.0. The monoisotopic (exact) mass is 358 g/mol. The lowest BCUT2D eigenvalue weighted by Gasteiger charge is -2.05. The molecule has 0 aliphatic rings. The zero-order valence-corrected chi connectivity index (χ0v) is 15.8. The number of nitrogens with one attached hydrogen (secondary N) is 1. The van der Waals surface area contributed by atoms with Gasteiger partial charge in [0, 0.05) is 43.6 Å². The van der Waals surface area contributed by atoms with Crippen LogP contribution in [0.3, 0.4) is 0 Å². The maximum atomic E-state index is 3.51. The molecule has 124 valence electrons. The Morgan fingerprint density at radius 1 is 0.556 bits per heavy atom. The average Bonchev–Trinajstić information content (AvgIpc) is 3.23. The lowest BCUT2D eigenvalue weighted by molar-refractivity contribution is 1.39. The van der Waals surface area contributed by atoms with Crippen LogP contribution in [0.4, 0.5) is 0 Å². The Hall–Kier alpha value is -2.99. The van der Waals surface area contributed by atoms with Crippen molar-refractivity contribution in [2.75, 3.05) is 0 Å². The van der Waals surface area contributed by atoms with Gasteiger partial charge in [-0.05, 0) is 47.5 Å². The van der Waals surface area contributed by atoms with E-state index in [1.807, 2.05) is 0 Å². The van der Waals surface area contributed by atoms with Gasteiger partial charge in [0.2, 0.25) is 0 Å². The molecule has 4 aromatic carbocycles. The first-order valence-corrected chi connectivity index (χ1v) is 9.60. The Labute approximate surface area is 164 Å². The fourth-order valence-corrected chi connectivity index (χ4v) is 4.66. The van der Waals surface area contributed by atoms with Crippen molar-refractivity contribution in [2.45, 2.75) is 0 Å². The van der Waals surface area contributed by atoms with Gasteiger partial charge in [-0.25, -0.2) is 0 Å². The molecule has 0 bridgehead atoms. The Balaban J connectivity index is 1.62. The van der Waals surface area contributed by atoms with Crippen LogP contribution in [0.5, 0.6) is 0 Å². The molecule has 1 N–H and O–H groups in total. The Morgan fingerprint density at radius 2 is 1.19 bits per heavy atom. The summed E-state index contributed by atoms with van der Waals surface area (Å²) in [5.41, 5.74) is 7.33. The molecule has 0 saturated carbocycles. The van der Waals surface area contributed by atoms with E-state index in [0.717, 1.165) is 0 Å². The normalized spacial score (nSPS) is 11.9. The molecule has 2 aromatic heterocycles. The standard InChI is InChI=1S/C24H15N2.Al/c1-3-7-21-17(5-1)19-13-15(9-11-23(19)25-21)16-10-12-24-20(14-16)18-6-2-4-8-22(18)26-24;/h1-14,25H;/q-1;+1. The molecular formula is C24H15AlN2. The summed E-state index contributed by atoms with van der Waals surface area (Å²) in [5, 5.41) is 5.13. The number of fused-ring (bicyclic) bond motifs is 6. The zero-order valence-electron chi connectivity index (χ0n) is 14.6. The highest BCUT2D eigenvalue weighted by Crippen LogP contribution is 2.34. The van der Waals surface area contributed by atoms with Gasteiger partial charge in [-0.1, -0.05) is 48.5 Å². The first kappa shape index (κ1) is 15.1. The van der Waals surface area contributed by atoms with Gasteiger partial charge in [0.25, 0.3) is 0 Å². The molecule has 2 nitrogen and oxygen atoms in total. The fourth-order valence-electron chi connectivity index (χ4n) is 4.21. The van der Waals surface area contributed by atoms with E-state index in [1.54, 1.807) is 0 Å². The van der Waals surface area contributed by atoms with E-state index in [-0.39, 0.29) is 0 Å². The highest BCUT2D eigenvalue weighted by Gasteiger charge is 2.10. The second-order valence-corrected chi connectivity index (χ2v) is 7.57. The molecule has 6 rings (SSSR count). The fraction of sp³-hybridized carbons (Fsp3) is 0. The van der Waals surface area contributed by atoms with Crippen LogP contribution in [0, 0.1) is 0 Å². The summed E-state index contributed by atoms with van der Waals surface area (Å²) in [4.78, 5) is 3.51. The number of nitrogens with zero attached hydrogens (tertiary/aromatic N) is 1. The van der Waals surface area contributed by atoms with Crippen LogP contribution in [0.25, 0.3) is 54.7 Å². The van der Waals surface area contributed by atoms with E-state index in [9.17, 15) is 0 Å². The van der Waals surface area contributed by atoms with Crippen LogP contribution >= 0.6 is 0 Å². The number of para-hydroxylation sites is 2. The molecule has 0 fully saturated rings. The Morgan fingerprint density at radius 3 is 2.07 bits per heavy atom. The topological polar surface area (TPSA) is 20.7 Å². The second kappa shape index (κ2) is 5.50. The van der Waals surface area contributed by atoms with Crippen LogP contribution in [-0.2, 0) is 0 Å². The summed E-state index contributed by atoms with van der Waals surface area (Å²) >= 11 is 2.83. The quantitative estimate of drug-likeness (QED) is 0.347. The lowest BCUT2D eigenvalue weighted by Crippen LogP contribution is -1.89. The molecule has 27 heavy (non-hydrogen) atoms. The van der Waals surface area contributed by atoms with Crippen LogP contribution in [0.15, 0.2) is 84.9 Å². The van der Waals surface area contributed by atoms with Crippen molar-refractivity contribution in [3.63, 3.8) is 0 Å². The molecule has 0 unspecified atom stereocenters. The highest BCUT2D eigenvalue weighted by atomic mass is 27.1. The maximum Gasteiger partial charge on any atom is 0.318 e. The Kier molecular flexibility index (Phi) is 3.08. The van der Waals surface area contributed by atoms with Gasteiger partial charge in [0.15, 0.2) is 0 Å². The van der Waals surface area contributed by atoms with Gasteiger partial charge in [-0.15, -0.1) is 0 Å². The van der Waals surface area contributed by atoms with E-state index in [1.165, 1.54) is 54.7 Å². The number of hydrogen-bond donors (Lipinski definition) is 1. The Bertz CT molecular complexity index is 1490. The van der Waals surface area contributed by atoms with E-state index in [4.69, 9.17) is 0 Å². The van der Waals surface area contributed by atoms with Crippen molar-refractivity contribution in [3.05, 3.63) is 84.9 Å². The number of aromatic nitrogens is 2. The summed E-state index contributed by atoms with van der Waals surface area (Å²) in [6.45, 7) is 0. The smallest absolute Gasteiger partial charge is 0.318 e. The summed E-state index contributed by atoms with van der Waals surface area (Å²) in [6, 6.07) is 30.5. The van der Waals surface area contributed by atoms with Crippen LogP contribution in [-0.4, -0.2) is 25.0 Å². The summed E-state index contributed by atoms with van der Waals surface area (Å²) in [5.74, 6) is 0. The van der Waals surface area contributed by atoms with Crippen LogP contribution < -0.4 is 0 Å². The zero-order chi connectivity index (χ0) is 18.0. The molecule has 0 spiro atoms. The average molecular weight is 358 g/mol. The number of benzene rings is 4. The van der Waals surface area contributed by atoms with Gasteiger partial charge >= 0.3 is 16.5 Å². The SMILES string of the molecule is [Al][n]1c2ccccc2c2cc(-c3ccc4[nH]c5ccccc5c4c3)ccc21. The van der Waals surface area contributed by atoms with Crippen LogP contribution in [0.1, 0.15) is 0 Å².